The molecule has 0 aliphatic carbocycles. The number of nitrogens with two attached hydrogens (primary N) is 1. The van der Waals surface area contributed by atoms with Crippen molar-refractivity contribution in [2.75, 3.05) is 17.2 Å². The predicted molar refractivity (Wildman–Crippen MR) is 83.3 cm³/mol. The Bertz CT molecular complexity index is 661. The van der Waals surface area contributed by atoms with E-state index in [1.54, 1.807) is 6.07 Å². The number of para-hydroxylation sites is 2. The Balaban J connectivity index is 2.33. The van der Waals surface area contributed by atoms with Gasteiger partial charge in [-0.25, -0.2) is 4.39 Å². The fourth-order valence-electron chi connectivity index (χ4n) is 2.30. The molecule has 108 valence electrons. The molecule has 0 bridgehead atoms. The summed E-state index contributed by atoms with van der Waals surface area (Å²) in [6, 6.07) is 14.0. The largest absolute Gasteiger partial charge is 0.397 e. The highest BCUT2D eigenvalue weighted by Crippen LogP contribution is 2.25. The molecule has 2 aromatic rings. The lowest BCUT2D eigenvalue weighted by Crippen LogP contribution is -2.25. The third kappa shape index (κ3) is 3.51. The van der Waals surface area contributed by atoms with Gasteiger partial charge >= 0.3 is 0 Å². The SMILES string of the molecule is CCCN(Cc1cc(C#N)ccc1F)c1ccccc1N. The van der Waals surface area contributed by atoms with Crippen LogP contribution in [0.2, 0.25) is 0 Å². The molecule has 2 N–H and O–H groups in total. The summed E-state index contributed by atoms with van der Waals surface area (Å²) in [7, 11) is 0. The van der Waals surface area contributed by atoms with Crippen molar-refractivity contribution < 1.29 is 4.39 Å². The van der Waals surface area contributed by atoms with E-state index in [1.165, 1.54) is 12.1 Å². The highest BCUT2D eigenvalue weighted by Gasteiger charge is 2.12. The quantitative estimate of drug-likeness (QED) is 0.851. The summed E-state index contributed by atoms with van der Waals surface area (Å²) in [5.74, 6) is -0.301. The first-order valence-corrected chi connectivity index (χ1v) is 6.93. The van der Waals surface area contributed by atoms with Crippen molar-refractivity contribution in [2.45, 2.75) is 19.9 Å². The zero-order valence-corrected chi connectivity index (χ0v) is 12.0. The highest BCUT2D eigenvalue weighted by molar-refractivity contribution is 5.67. The van der Waals surface area contributed by atoms with Gasteiger partial charge in [-0.2, -0.15) is 5.26 Å². The molecular weight excluding hydrogens is 265 g/mol. The lowest BCUT2D eigenvalue weighted by atomic mass is 10.1. The molecule has 2 rings (SSSR count). The first-order valence-electron chi connectivity index (χ1n) is 6.93. The van der Waals surface area contributed by atoms with Gasteiger partial charge in [-0.15, -0.1) is 0 Å². The van der Waals surface area contributed by atoms with Crippen LogP contribution >= 0.6 is 0 Å². The molecule has 3 nitrogen and oxygen atoms in total. The average Bonchev–Trinajstić information content (AvgIpc) is 2.49. The van der Waals surface area contributed by atoms with Crippen LogP contribution in [0.3, 0.4) is 0 Å². The number of anilines is 2. The Kier molecular flexibility index (Phi) is 4.78. The summed E-state index contributed by atoms with van der Waals surface area (Å²) >= 11 is 0. The van der Waals surface area contributed by atoms with Crippen LogP contribution in [0.25, 0.3) is 0 Å². The van der Waals surface area contributed by atoms with Gasteiger partial charge in [0.15, 0.2) is 0 Å². The van der Waals surface area contributed by atoms with E-state index >= 15 is 0 Å². The molecular formula is C17H18FN3. The smallest absolute Gasteiger partial charge is 0.128 e. The average molecular weight is 283 g/mol. The maximum absolute atomic E-state index is 14.0. The number of nitriles is 1. The fraction of sp³-hybridized carbons (Fsp3) is 0.235. The number of halogens is 1. The maximum atomic E-state index is 14.0. The summed E-state index contributed by atoms with van der Waals surface area (Å²) in [5.41, 5.74) is 8.54. The minimum Gasteiger partial charge on any atom is -0.397 e. The van der Waals surface area contributed by atoms with Gasteiger partial charge in [0.2, 0.25) is 0 Å². The van der Waals surface area contributed by atoms with Gasteiger partial charge in [0, 0.05) is 18.7 Å². The molecule has 0 spiro atoms. The van der Waals surface area contributed by atoms with Gasteiger partial charge in [0.1, 0.15) is 5.82 Å². The van der Waals surface area contributed by atoms with E-state index in [0.717, 1.165) is 18.7 Å². The van der Waals surface area contributed by atoms with E-state index < -0.39 is 0 Å². The Morgan fingerprint density at radius 1 is 1.24 bits per heavy atom. The number of hydrogen-bond acceptors (Lipinski definition) is 3. The zero-order chi connectivity index (χ0) is 15.2. The molecule has 21 heavy (non-hydrogen) atoms. The predicted octanol–water partition coefficient (Wildman–Crippen LogP) is 3.70. The zero-order valence-electron chi connectivity index (χ0n) is 12.0. The topological polar surface area (TPSA) is 53.0 Å². The summed E-state index contributed by atoms with van der Waals surface area (Å²) in [4.78, 5) is 2.04. The molecule has 0 fully saturated rings. The van der Waals surface area contributed by atoms with Crippen LogP contribution in [0.15, 0.2) is 42.5 Å². The third-order valence-corrected chi connectivity index (χ3v) is 3.31. The van der Waals surface area contributed by atoms with Gasteiger partial charge in [-0.05, 0) is 36.8 Å². The Morgan fingerprint density at radius 2 is 2.00 bits per heavy atom. The summed E-state index contributed by atoms with van der Waals surface area (Å²) in [5, 5.41) is 8.95. The molecule has 0 saturated carbocycles. The lowest BCUT2D eigenvalue weighted by Gasteiger charge is -2.26. The van der Waals surface area contributed by atoms with Crippen molar-refractivity contribution >= 4 is 11.4 Å². The first-order chi connectivity index (χ1) is 10.2. The van der Waals surface area contributed by atoms with Gasteiger partial charge in [0.25, 0.3) is 0 Å². The molecule has 0 radical (unpaired) electrons. The number of nitrogen functional groups attached to an aromatic ring is 1. The minimum atomic E-state index is -0.301. The molecule has 0 atom stereocenters. The van der Waals surface area contributed by atoms with E-state index in [4.69, 9.17) is 11.0 Å². The van der Waals surface area contributed by atoms with Crippen molar-refractivity contribution in [1.82, 2.24) is 0 Å². The highest BCUT2D eigenvalue weighted by atomic mass is 19.1. The minimum absolute atomic E-state index is 0.301. The summed E-state index contributed by atoms with van der Waals surface area (Å²) < 4.78 is 14.0. The van der Waals surface area contributed by atoms with Crippen molar-refractivity contribution in [3.05, 3.63) is 59.4 Å². The van der Waals surface area contributed by atoms with Crippen LogP contribution < -0.4 is 10.6 Å². The fourth-order valence-corrected chi connectivity index (χ4v) is 2.30. The number of benzene rings is 2. The molecule has 0 amide bonds. The Morgan fingerprint density at radius 3 is 2.67 bits per heavy atom. The van der Waals surface area contributed by atoms with Gasteiger partial charge in [-0.1, -0.05) is 19.1 Å². The molecule has 0 heterocycles. The van der Waals surface area contributed by atoms with Crippen LogP contribution in [-0.2, 0) is 6.54 Å². The third-order valence-electron chi connectivity index (χ3n) is 3.31. The lowest BCUT2D eigenvalue weighted by molar-refractivity contribution is 0.603. The van der Waals surface area contributed by atoms with Crippen LogP contribution in [0.1, 0.15) is 24.5 Å². The molecule has 0 aliphatic heterocycles. The molecule has 0 aromatic heterocycles. The molecule has 2 aromatic carbocycles. The maximum Gasteiger partial charge on any atom is 0.128 e. The van der Waals surface area contributed by atoms with Crippen LogP contribution in [0.4, 0.5) is 15.8 Å². The van der Waals surface area contributed by atoms with Crippen molar-refractivity contribution in [3.63, 3.8) is 0 Å². The van der Waals surface area contributed by atoms with Crippen molar-refractivity contribution in [1.29, 1.82) is 5.26 Å². The van der Waals surface area contributed by atoms with Gasteiger partial charge in [-0.3, -0.25) is 0 Å². The monoisotopic (exact) mass is 283 g/mol. The number of hydrogen-bond donors (Lipinski definition) is 1. The molecule has 0 aliphatic rings. The van der Waals surface area contributed by atoms with Crippen LogP contribution in [0.5, 0.6) is 0 Å². The molecule has 4 heteroatoms. The second-order valence-electron chi connectivity index (χ2n) is 4.90. The van der Waals surface area contributed by atoms with Gasteiger partial charge in [0.05, 0.1) is 23.0 Å². The standard InChI is InChI=1S/C17H18FN3/c1-2-9-21(17-6-4-3-5-16(17)20)12-14-10-13(11-19)7-8-15(14)18/h3-8,10H,2,9,12,20H2,1H3. The summed E-state index contributed by atoms with van der Waals surface area (Å²) in [6.45, 7) is 3.22. The molecule has 0 saturated heterocycles. The van der Waals surface area contributed by atoms with Crippen molar-refractivity contribution in [3.8, 4) is 6.07 Å². The van der Waals surface area contributed by atoms with Crippen LogP contribution in [0, 0.1) is 17.1 Å². The van der Waals surface area contributed by atoms with E-state index in [-0.39, 0.29) is 5.82 Å². The van der Waals surface area contributed by atoms with E-state index in [9.17, 15) is 4.39 Å². The van der Waals surface area contributed by atoms with E-state index in [2.05, 4.69) is 6.92 Å². The van der Waals surface area contributed by atoms with E-state index in [1.807, 2.05) is 35.2 Å². The van der Waals surface area contributed by atoms with E-state index in [0.29, 0.717) is 23.4 Å². The number of nitrogens with zero attached hydrogens (tertiary/aromatic N) is 2. The second-order valence-corrected chi connectivity index (χ2v) is 4.90. The van der Waals surface area contributed by atoms with Crippen molar-refractivity contribution in [2.24, 2.45) is 0 Å². The Hall–Kier alpha value is -2.54. The second kappa shape index (κ2) is 6.76. The first kappa shape index (κ1) is 14.9. The molecule has 0 unspecified atom stereocenters. The summed E-state index contributed by atoms with van der Waals surface area (Å²) in [6.07, 6.45) is 0.924. The van der Waals surface area contributed by atoms with Crippen LogP contribution in [-0.4, -0.2) is 6.54 Å². The number of rotatable bonds is 5. The normalized spacial score (nSPS) is 10.1. The van der Waals surface area contributed by atoms with Gasteiger partial charge < -0.3 is 10.6 Å². The Labute approximate surface area is 124 Å².